The summed E-state index contributed by atoms with van der Waals surface area (Å²) in [6, 6.07) is 5.07. The maximum atomic E-state index is 12.4. The second-order valence-electron chi connectivity index (χ2n) is 7.04. The van der Waals surface area contributed by atoms with Crippen LogP contribution in [0.1, 0.15) is 51.4 Å². The number of nitrogens with two attached hydrogens (primary N) is 1. The van der Waals surface area contributed by atoms with Crippen LogP contribution in [0.15, 0.2) is 18.2 Å². The third-order valence-corrected chi connectivity index (χ3v) is 2.89. The first-order valence-electron chi connectivity index (χ1n) is 6.80. The first-order valence-corrected chi connectivity index (χ1v) is 6.80. The molecule has 0 spiro atoms. The maximum absolute atomic E-state index is 12.4. The molecule has 0 bridgehead atoms. The van der Waals surface area contributed by atoms with Gasteiger partial charge in [-0.2, -0.15) is 0 Å². The van der Waals surface area contributed by atoms with Crippen molar-refractivity contribution in [3.63, 3.8) is 0 Å². The van der Waals surface area contributed by atoms with E-state index in [4.69, 9.17) is 10.5 Å². The summed E-state index contributed by atoms with van der Waals surface area (Å²) in [5.41, 5.74) is 6.60. The Morgan fingerprint density at radius 3 is 2.35 bits per heavy atom. The van der Waals surface area contributed by atoms with Crippen molar-refractivity contribution in [2.75, 3.05) is 12.8 Å². The monoisotopic (exact) mass is 278 g/mol. The van der Waals surface area contributed by atoms with Crippen LogP contribution in [-0.4, -0.2) is 18.6 Å². The number of rotatable bonds is 4. The molecule has 0 saturated carbocycles. The SMILES string of the molecule is COc1ccc(N)cc1C(=O)NC(C)(C)CC(C)(C)C. The van der Waals surface area contributed by atoms with Crippen LogP contribution in [0.25, 0.3) is 0 Å². The van der Waals surface area contributed by atoms with Gasteiger partial charge < -0.3 is 15.8 Å². The van der Waals surface area contributed by atoms with Gasteiger partial charge in [0.2, 0.25) is 0 Å². The van der Waals surface area contributed by atoms with Gasteiger partial charge in [-0.1, -0.05) is 20.8 Å². The highest BCUT2D eigenvalue weighted by Gasteiger charge is 2.28. The van der Waals surface area contributed by atoms with E-state index in [-0.39, 0.29) is 16.9 Å². The van der Waals surface area contributed by atoms with Crippen molar-refractivity contribution in [2.45, 2.75) is 46.6 Å². The fourth-order valence-electron chi connectivity index (χ4n) is 2.65. The number of methoxy groups -OCH3 is 1. The molecular formula is C16H26N2O2. The van der Waals surface area contributed by atoms with Gasteiger partial charge in [0.05, 0.1) is 12.7 Å². The molecule has 0 aliphatic carbocycles. The third-order valence-electron chi connectivity index (χ3n) is 2.89. The minimum absolute atomic E-state index is 0.135. The zero-order valence-electron chi connectivity index (χ0n) is 13.3. The molecule has 0 unspecified atom stereocenters. The molecule has 0 aliphatic rings. The van der Waals surface area contributed by atoms with Gasteiger partial charge in [0.1, 0.15) is 5.75 Å². The summed E-state index contributed by atoms with van der Waals surface area (Å²) >= 11 is 0. The van der Waals surface area contributed by atoms with Crippen LogP contribution in [0.5, 0.6) is 5.75 Å². The lowest BCUT2D eigenvalue weighted by Gasteiger charge is -2.33. The molecule has 20 heavy (non-hydrogen) atoms. The van der Waals surface area contributed by atoms with Crippen LogP contribution in [0.2, 0.25) is 0 Å². The molecule has 3 N–H and O–H groups in total. The van der Waals surface area contributed by atoms with Crippen molar-refractivity contribution in [1.82, 2.24) is 5.32 Å². The van der Waals surface area contributed by atoms with Gasteiger partial charge in [-0.3, -0.25) is 4.79 Å². The number of hydrogen-bond donors (Lipinski definition) is 2. The van der Waals surface area contributed by atoms with E-state index in [1.807, 2.05) is 13.8 Å². The number of ether oxygens (including phenoxy) is 1. The predicted molar refractivity (Wildman–Crippen MR) is 83.0 cm³/mol. The first kappa shape index (κ1) is 16.3. The number of nitrogens with one attached hydrogen (secondary N) is 1. The lowest BCUT2D eigenvalue weighted by molar-refractivity contribution is 0.0888. The molecule has 112 valence electrons. The largest absolute Gasteiger partial charge is 0.496 e. The van der Waals surface area contributed by atoms with E-state index in [1.54, 1.807) is 25.3 Å². The Bertz CT molecular complexity index is 488. The molecule has 0 fully saturated rings. The van der Waals surface area contributed by atoms with E-state index >= 15 is 0 Å². The van der Waals surface area contributed by atoms with Gasteiger partial charge in [-0.25, -0.2) is 0 Å². The minimum Gasteiger partial charge on any atom is -0.496 e. The molecule has 0 atom stereocenters. The van der Waals surface area contributed by atoms with E-state index < -0.39 is 0 Å². The summed E-state index contributed by atoms with van der Waals surface area (Å²) in [4.78, 5) is 12.4. The van der Waals surface area contributed by atoms with Gasteiger partial charge in [0, 0.05) is 11.2 Å². The van der Waals surface area contributed by atoms with Crippen molar-refractivity contribution in [3.8, 4) is 5.75 Å². The highest BCUT2D eigenvalue weighted by molar-refractivity contribution is 5.98. The Labute approximate surface area is 121 Å². The minimum atomic E-state index is -0.301. The molecule has 0 aromatic heterocycles. The molecular weight excluding hydrogens is 252 g/mol. The number of carbonyl (C=O) groups is 1. The second kappa shape index (κ2) is 5.73. The van der Waals surface area contributed by atoms with Crippen LogP contribution in [0.4, 0.5) is 5.69 Å². The topological polar surface area (TPSA) is 64.3 Å². The molecule has 0 heterocycles. The Hall–Kier alpha value is -1.71. The van der Waals surface area contributed by atoms with Crippen LogP contribution in [-0.2, 0) is 0 Å². The fraction of sp³-hybridized carbons (Fsp3) is 0.562. The summed E-state index contributed by atoms with van der Waals surface area (Å²) in [5, 5.41) is 3.06. The zero-order valence-corrected chi connectivity index (χ0v) is 13.3. The van der Waals surface area contributed by atoms with Crippen molar-refractivity contribution in [2.24, 2.45) is 5.41 Å². The van der Waals surface area contributed by atoms with Crippen molar-refractivity contribution in [1.29, 1.82) is 0 Å². The second-order valence-corrected chi connectivity index (χ2v) is 7.04. The molecule has 1 amide bonds. The van der Waals surface area contributed by atoms with Gasteiger partial charge in [0.15, 0.2) is 0 Å². The molecule has 1 rings (SSSR count). The number of benzene rings is 1. The lowest BCUT2D eigenvalue weighted by Crippen LogP contribution is -2.45. The van der Waals surface area contributed by atoms with Crippen LogP contribution >= 0.6 is 0 Å². The molecule has 0 radical (unpaired) electrons. The average Bonchev–Trinajstić information content (AvgIpc) is 2.24. The zero-order chi connectivity index (χ0) is 15.6. The fourth-order valence-corrected chi connectivity index (χ4v) is 2.65. The van der Waals surface area contributed by atoms with E-state index in [9.17, 15) is 4.79 Å². The summed E-state index contributed by atoms with van der Waals surface area (Å²) in [5.74, 6) is 0.367. The normalized spacial score (nSPS) is 12.1. The Morgan fingerprint density at radius 2 is 1.85 bits per heavy atom. The quantitative estimate of drug-likeness (QED) is 0.831. The first-order chi connectivity index (χ1) is 9.04. The summed E-state index contributed by atoms with van der Waals surface area (Å²) < 4.78 is 5.22. The Balaban J connectivity index is 2.94. The Kier molecular flexibility index (Phi) is 4.69. The molecule has 4 nitrogen and oxygen atoms in total. The van der Waals surface area contributed by atoms with Gasteiger partial charge in [0.25, 0.3) is 5.91 Å². The average molecular weight is 278 g/mol. The molecule has 1 aromatic carbocycles. The third kappa shape index (κ3) is 4.76. The predicted octanol–water partition coefficient (Wildman–Crippen LogP) is 3.22. The highest BCUT2D eigenvalue weighted by Crippen LogP contribution is 2.28. The number of carbonyl (C=O) groups excluding carboxylic acids is 1. The molecule has 1 aromatic rings. The van der Waals surface area contributed by atoms with Crippen molar-refractivity contribution >= 4 is 11.6 Å². The van der Waals surface area contributed by atoms with E-state index in [1.165, 1.54) is 0 Å². The van der Waals surface area contributed by atoms with Gasteiger partial charge >= 0.3 is 0 Å². The van der Waals surface area contributed by atoms with Crippen molar-refractivity contribution in [3.05, 3.63) is 23.8 Å². The lowest BCUT2D eigenvalue weighted by atomic mass is 9.81. The molecule has 0 saturated heterocycles. The summed E-state index contributed by atoms with van der Waals surface area (Å²) in [6.07, 6.45) is 0.871. The number of anilines is 1. The van der Waals surface area contributed by atoms with Crippen LogP contribution in [0, 0.1) is 5.41 Å². The van der Waals surface area contributed by atoms with E-state index in [2.05, 4.69) is 26.1 Å². The standard InChI is InChI=1S/C16H26N2O2/c1-15(2,3)10-16(4,5)18-14(19)12-9-11(17)7-8-13(12)20-6/h7-9H,10,17H2,1-6H3,(H,18,19). The summed E-state index contributed by atoms with van der Waals surface area (Å²) in [7, 11) is 1.54. The Morgan fingerprint density at radius 1 is 1.25 bits per heavy atom. The van der Waals surface area contributed by atoms with E-state index in [0.29, 0.717) is 17.0 Å². The number of nitrogen functional groups attached to an aromatic ring is 1. The number of amides is 1. The highest BCUT2D eigenvalue weighted by atomic mass is 16.5. The number of hydrogen-bond acceptors (Lipinski definition) is 3. The van der Waals surface area contributed by atoms with Gasteiger partial charge in [-0.15, -0.1) is 0 Å². The smallest absolute Gasteiger partial charge is 0.255 e. The van der Waals surface area contributed by atoms with Gasteiger partial charge in [-0.05, 0) is 43.9 Å². The maximum Gasteiger partial charge on any atom is 0.255 e. The van der Waals surface area contributed by atoms with E-state index in [0.717, 1.165) is 6.42 Å². The van der Waals surface area contributed by atoms with Crippen molar-refractivity contribution < 1.29 is 9.53 Å². The van der Waals surface area contributed by atoms with Crippen LogP contribution < -0.4 is 15.8 Å². The summed E-state index contributed by atoms with van der Waals surface area (Å²) in [6.45, 7) is 10.5. The molecule has 4 heteroatoms. The van der Waals surface area contributed by atoms with Crippen LogP contribution in [0.3, 0.4) is 0 Å². The molecule has 0 aliphatic heterocycles.